The van der Waals surface area contributed by atoms with Crippen LogP contribution >= 0.6 is 0 Å². The molecule has 76 valence electrons. The largest absolute Gasteiger partial charge is 0.496 e. The predicted octanol–water partition coefficient (Wildman–Crippen LogP) is 1.97. The van der Waals surface area contributed by atoms with Crippen LogP contribution in [0.1, 0.15) is 23.6 Å². The number of aryl methyl sites for hydroxylation is 1. The van der Waals surface area contributed by atoms with Crippen LogP contribution in [0.15, 0.2) is 18.2 Å². The maximum absolute atomic E-state index is 5.32. The first kappa shape index (κ1) is 9.49. The summed E-state index contributed by atoms with van der Waals surface area (Å²) in [6.07, 6.45) is 1.000. The van der Waals surface area contributed by atoms with Crippen molar-refractivity contribution in [3.05, 3.63) is 29.3 Å². The summed E-state index contributed by atoms with van der Waals surface area (Å²) in [5.74, 6) is 0.929. The summed E-state index contributed by atoms with van der Waals surface area (Å²) in [5, 5.41) is 0. The number of rotatable bonds is 2. The van der Waals surface area contributed by atoms with Crippen LogP contribution in [0.5, 0.6) is 5.75 Å². The van der Waals surface area contributed by atoms with Gasteiger partial charge in [0.2, 0.25) is 0 Å². The van der Waals surface area contributed by atoms with E-state index in [4.69, 9.17) is 9.57 Å². The van der Waals surface area contributed by atoms with Gasteiger partial charge in [0.1, 0.15) is 5.75 Å². The van der Waals surface area contributed by atoms with E-state index in [1.165, 1.54) is 11.1 Å². The predicted molar refractivity (Wildman–Crippen MR) is 54.2 cm³/mol. The van der Waals surface area contributed by atoms with Gasteiger partial charge in [-0.2, -0.15) is 5.48 Å². The molecule has 0 bridgehead atoms. The number of ether oxygens (including phenoxy) is 1. The third-order valence-corrected chi connectivity index (χ3v) is 2.49. The molecule has 1 aromatic rings. The molecule has 0 aromatic heterocycles. The third kappa shape index (κ3) is 1.74. The molecule has 1 aliphatic rings. The van der Waals surface area contributed by atoms with Gasteiger partial charge in [0.15, 0.2) is 0 Å². The monoisotopic (exact) mass is 193 g/mol. The van der Waals surface area contributed by atoms with Gasteiger partial charge < -0.3 is 9.57 Å². The second-order valence-corrected chi connectivity index (χ2v) is 3.55. The Hall–Kier alpha value is -1.06. The molecule has 0 spiro atoms. The lowest BCUT2D eigenvalue weighted by Crippen LogP contribution is -2.12. The highest BCUT2D eigenvalue weighted by molar-refractivity contribution is 5.39. The zero-order valence-electron chi connectivity index (χ0n) is 8.54. The van der Waals surface area contributed by atoms with E-state index in [0.29, 0.717) is 0 Å². The molecular weight excluding hydrogens is 178 g/mol. The van der Waals surface area contributed by atoms with Crippen molar-refractivity contribution in [2.75, 3.05) is 13.7 Å². The van der Waals surface area contributed by atoms with E-state index in [-0.39, 0.29) is 6.04 Å². The number of benzene rings is 1. The molecule has 1 aromatic carbocycles. The van der Waals surface area contributed by atoms with E-state index in [1.54, 1.807) is 7.11 Å². The Labute approximate surface area is 84.0 Å². The van der Waals surface area contributed by atoms with Crippen LogP contribution in [-0.4, -0.2) is 13.7 Å². The van der Waals surface area contributed by atoms with Crippen molar-refractivity contribution in [3.63, 3.8) is 0 Å². The first-order valence-corrected chi connectivity index (χ1v) is 4.83. The minimum Gasteiger partial charge on any atom is -0.496 e. The molecule has 1 N–H and O–H groups in total. The molecule has 1 atom stereocenters. The van der Waals surface area contributed by atoms with Crippen molar-refractivity contribution in [3.8, 4) is 5.75 Å². The third-order valence-electron chi connectivity index (χ3n) is 2.49. The number of methoxy groups -OCH3 is 1. The smallest absolute Gasteiger partial charge is 0.123 e. The van der Waals surface area contributed by atoms with Gasteiger partial charge in [-0.25, -0.2) is 0 Å². The SMILES string of the molecule is COc1ccc(C)cc1C1CCON1. The summed E-state index contributed by atoms with van der Waals surface area (Å²) in [6, 6.07) is 6.47. The van der Waals surface area contributed by atoms with Crippen LogP contribution in [0.2, 0.25) is 0 Å². The van der Waals surface area contributed by atoms with Crippen molar-refractivity contribution in [2.45, 2.75) is 19.4 Å². The Morgan fingerprint density at radius 2 is 2.36 bits per heavy atom. The summed E-state index contributed by atoms with van der Waals surface area (Å²) in [6.45, 7) is 2.85. The van der Waals surface area contributed by atoms with Gasteiger partial charge in [-0.05, 0) is 19.4 Å². The van der Waals surface area contributed by atoms with Gasteiger partial charge in [-0.1, -0.05) is 17.7 Å². The zero-order chi connectivity index (χ0) is 9.97. The molecule has 0 saturated carbocycles. The fraction of sp³-hybridized carbons (Fsp3) is 0.455. The van der Waals surface area contributed by atoms with Gasteiger partial charge >= 0.3 is 0 Å². The molecule has 1 unspecified atom stereocenters. The molecule has 0 amide bonds. The standard InChI is InChI=1S/C11H15NO2/c1-8-3-4-11(13-2)9(7-8)10-5-6-14-12-10/h3-4,7,10,12H,5-6H2,1-2H3. The van der Waals surface area contributed by atoms with Crippen LogP contribution in [0.3, 0.4) is 0 Å². The van der Waals surface area contributed by atoms with E-state index in [9.17, 15) is 0 Å². The molecule has 0 radical (unpaired) electrons. The van der Waals surface area contributed by atoms with E-state index in [0.717, 1.165) is 18.8 Å². The Morgan fingerprint density at radius 3 is 3.00 bits per heavy atom. The average Bonchev–Trinajstić information content (AvgIpc) is 2.70. The number of hydrogen-bond acceptors (Lipinski definition) is 3. The molecule has 1 heterocycles. The van der Waals surface area contributed by atoms with E-state index >= 15 is 0 Å². The fourth-order valence-corrected chi connectivity index (χ4v) is 1.74. The van der Waals surface area contributed by atoms with Crippen molar-refractivity contribution in [1.82, 2.24) is 5.48 Å². The lowest BCUT2D eigenvalue weighted by molar-refractivity contribution is 0.0878. The summed E-state index contributed by atoms with van der Waals surface area (Å²) in [5.41, 5.74) is 5.42. The number of hydroxylamine groups is 1. The van der Waals surface area contributed by atoms with Crippen LogP contribution in [-0.2, 0) is 4.84 Å². The highest BCUT2D eigenvalue weighted by Crippen LogP contribution is 2.30. The van der Waals surface area contributed by atoms with Crippen LogP contribution in [0, 0.1) is 6.92 Å². The molecule has 1 fully saturated rings. The summed E-state index contributed by atoms with van der Waals surface area (Å²) in [7, 11) is 1.70. The van der Waals surface area contributed by atoms with Crippen molar-refractivity contribution < 1.29 is 9.57 Å². The lowest BCUT2D eigenvalue weighted by atomic mass is 10.0. The summed E-state index contributed by atoms with van der Waals surface area (Å²) >= 11 is 0. The Bertz CT molecular complexity index is 319. The minimum absolute atomic E-state index is 0.268. The topological polar surface area (TPSA) is 30.5 Å². The maximum Gasteiger partial charge on any atom is 0.123 e. The van der Waals surface area contributed by atoms with Gasteiger partial charge in [-0.15, -0.1) is 0 Å². The number of nitrogens with one attached hydrogen (secondary N) is 1. The van der Waals surface area contributed by atoms with Gasteiger partial charge in [0.25, 0.3) is 0 Å². The number of hydrogen-bond donors (Lipinski definition) is 1. The van der Waals surface area contributed by atoms with E-state index in [2.05, 4.69) is 24.5 Å². The first-order valence-electron chi connectivity index (χ1n) is 4.83. The first-order chi connectivity index (χ1) is 6.81. The van der Waals surface area contributed by atoms with Crippen molar-refractivity contribution in [1.29, 1.82) is 0 Å². The molecule has 3 nitrogen and oxygen atoms in total. The summed E-state index contributed by atoms with van der Waals surface area (Å²) in [4.78, 5) is 5.15. The molecule has 3 heteroatoms. The Kier molecular flexibility index (Phi) is 2.70. The van der Waals surface area contributed by atoms with Crippen molar-refractivity contribution in [2.24, 2.45) is 0 Å². The molecule has 2 rings (SSSR count). The molecule has 1 saturated heterocycles. The molecular formula is C11H15NO2. The highest BCUT2D eigenvalue weighted by Gasteiger charge is 2.20. The minimum atomic E-state index is 0.268. The van der Waals surface area contributed by atoms with E-state index < -0.39 is 0 Å². The second kappa shape index (κ2) is 3.98. The van der Waals surface area contributed by atoms with E-state index in [1.807, 2.05) is 6.07 Å². The van der Waals surface area contributed by atoms with Crippen LogP contribution in [0.25, 0.3) is 0 Å². The molecule has 14 heavy (non-hydrogen) atoms. The van der Waals surface area contributed by atoms with Crippen LogP contribution < -0.4 is 10.2 Å². The maximum atomic E-state index is 5.32. The summed E-state index contributed by atoms with van der Waals surface area (Å²) < 4.78 is 5.32. The normalized spacial score (nSPS) is 21.1. The molecule has 0 aliphatic carbocycles. The Morgan fingerprint density at radius 1 is 1.50 bits per heavy atom. The van der Waals surface area contributed by atoms with Crippen LogP contribution in [0.4, 0.5) is 0 Å². The fourth-order valence-electron chi connectivity index (χ4n) is 1.74. The van der Waals surface area contributed by atoms with Gasteiger partial charge in [-0.3, -0.25) is 0 Å². The quantitative estimate of drug-likeness (QED) is 0.779. The highest BCUT2D eigenvalue weighted by atomic mass is 16.7. The second-order valence-electron chi connectivity index (χ2n) is 3.55. The van der Waals surface area contributed by atoms with Gasteiger partial charge in [0, 0.05) is 5.56 Å². The lowest BCUT2D eigenvalue weighted by Gasteiger charge is -2.14. The average molecular weight is 193 g/mol. The Balaban J connectivity index is 2.33. The van der Waals surface area contributed by atoms with Crippen molar-refractivity contribution >= 4 is 0 Å². The zero-order valence-corrected chi connectivity index (χ0v) is 8.54. The molecule has 1 aliphatic heterocycles. The van der Waals surface area contributed by atoms with Gasteiger partial charge in [0.05, 0.1) is 19.8 Å².